The molecule has 2 saturated heterocycles. The van der Waals surface area contributed by atoms with E-state index in [0.717, 1.165) is 9.80 Å². The summed E-state index contributed by atoms with van der Waals surface area (Å²) in [6.45, 7) is 0. The van der Waals surface area contributed by atoms with E-state index in [2.05, 4.69) is 0 Å². The van der Waals surface area contributed by atoms with E-state index in [1.807, 2.05) is 0 Å². The summed E-state index contributed by atoms with van der Waals surface area (Å²) in [6, 6.07) is 38.9. The molecule has 6 aromatic carbocycles. The summed E-state index contributed by atoms with van der Waals surface area (Å²) >= 11 is 0. The molecule has 0 spiro atoms. The van der Waals surface area contributed by atoms with E-state index in [0.29, 0.717) is 0 Å². The van der Waals surface area contributed by atoms with E-state index in [1.165, 1.54) is 111 Å². The molecule has 6 aromatic rings. The van der Waals surface area contributed by atoms with Gasteiger partial charge in [0.1, 0.15) is 24.3 Å². The number of imide groups is 2. The van der Waals surface area contributed by atoms with Gasteiger partial charge in [-0.05, 0) is 72.8 Å². The minimum absolute atomic E-state index is 0.00647. The Balaban J connectivity index is 1.19. The standard InChI is InChI=1S/C56H44N2O16/c1-67-55-45(71-53(65)33-23-11-5-12-24-33)43(69-51(63)31-19-7-3-8-20-31)39(57-47(59)35-27-15-16-28-36(35)48(57)60)41(73-55)42-40(58-49(61)37-29-17-18-30-38(37)50(58)62)44(70-52(64)32-21-9-4-10-22-32)46(56(68-2)74-42)72-54(66)34-25-13-6-14-26-34/h3-30,39-46,55-56H,1-2H3/t39-,40-,41?,42?,43+,44+,45-,46-,55+,56+/m1/s1. The summed E-state index contributed by atoms with van der Waals surface area (Å²) in [5.74, 6) is -7.55. The summed E-state index contributed by atoms with van der Waals surface area (Å²) in [5.41, 5.74) is -0.120. The van der Waals surface area contributed by atoms with Gasteiger partial charge in [0.05, 0.1) is 44.5 Å². The van der Waals surface area contributed by atoms with E-state index in [4.69, 9.17) is 37.9 Å². The maximum Gasteiger partial charge on any atom is 0.338 e. The Hall–Kier alpha value is -8.68. The number of amides is 4. The van der Waals surface area contributed by atoms with Crippen LogP contribution in [0.3, 0.4) is 0 Å². The molecule has 18 nitrogen and oxygen atoms in total. The van der Waals surface area contributed by atoms with Crippen molar-refractivity contribution in [3.05, 3.63) is 214 Å². The zero-order valence-electron chi connectivity index (χ0n) is 39.4. The van der Waals surface area contributed by atoms with Crippen molar-refractivity contribution in [2.45, 2.75) is 61.3 Å². The first-order valence-electron chi connectivity index (χ1n) is 23.3. The highest BCUT2D eigenvalue weighted by molar-refractivity contribution is 6.22. The van der Waals surface area contributed by atoms with Crippen molar-refractivity contribution in [1.29, 1.82) is 0 Å². The van der Waals surface area contributed by atoms with Gasteiger partial charge in [0.25, 0.3) is 23.6 Å². The second-order valence-electron chi connectivity index (χ2n) is 17.4. The van der Waals surface area contributed by atoms with Crippen molar-refractivity contribution in [3.8, 4) is 0 Å². The molecule has 0 radical (unpaired) electrons. The summed E-state index contributed by atoms with van der Waals surface area (Å²) < 4.78 is 50.5. The number of carbonyl (C=O) groups is 8. The van der Waals surface area contributed by atoms with Crippen LogP contribution in [0.4, 0.5) is 0 Å². The monoisotopic (exact) mass is 1000 g/mol. The normalized spacial score (nSPS) is 25.2. The number of ether oxygens (including phenoxy) is 8. The number of rotatable bonds is 13. The Morgan fingerprint density at radius 1 is 0.351 bits per heavy atom. The van der Waals surface area contributed by atoms with E-state index < -0.39 is 109 Å². The van der Waals surface area contributed by atoms with Crippen LogP contribution in [-0.4, -0.2) is 133 Å². The molecule has 18 heteroatoms. The number of esters is 4. The van der Waals surface area contributed by atoms with Crippen LogP contribution < -0.4 is 0 Å². The Kier molecular flexibility index (Phi) is 13.8. The van der Waals surface area contributed by atoms with Crippen LogP contribution in [0.2, 0.25) is 0 Å². The Bertz CT molecular complexity index is 2860. The molecule has 4 heterocycles. The van der Waals surface area contributed by atoms with Crippen LogP contribution in [0.1, 0.15) is 82.9 Å². The largest absolute Gasteiger partial charge is 0.452 e. The zero-order chi connectivity index (χ0) is 51.6. The topological polar surface area (TPSA) is 217 Å². The van der Waals surface area contributed by atoms with Gasteiger partial charge in [0.2, 0.25) is 0 Å². The van der Waals surface area contributed by atoms with Gasteiger partial charge in [-0.3, -0.25) is 29.0 Å². The third-order valence-corrected chi connectivity index (χ3v) is 13.2. The van der Waals surface area contributed by atoms with E-state index >= 15 is 0 Å². The molecule has 374 valence electrons. The highest BCUT2D eigenvalue weighted by atomic mass is 16.7. The Morgan fingerprint density at radius 2 is 0.581 bits per heavy atom. The van der Waals surface area contributed by atoms with Gasteiger partial charge in [0.15, 0.2) is 37.0 Å². The Labute approximate surface area is 422 Å². The Morgan fingerprint density at radius 3 is 0.824 bits per heavy atom. The first-order chi connectivity index (χ1) is 36.0. The van der Waals surface area contributed by atoms with Crippen molar-refractivity contribution in [1.82, 2.24) is 9.80 Å². The molecule has 4 aliphatic rings. The molecule has 0 aromatic heterocycles. The number of hydrogen-bond donors (Lipinski definition) is 0. The number of nitrogens with zero attached hydrogens (tertiary/aromatic N) is 2. The molecule has 2 fully saturated rings. The van der Waals surface area contributed by atoms with Gasteiger partial charge in [-0.1, -0.05) is 97.1 Å². The van der Waals surface area contributed by atoms with Crippen LogP contribution in [0.5, 0.6) is 0 Å². The van der Waals surface area contributed by atoms with Gasteiger partial charge in [-0.2, -0.15) is 0 Å². The average molecular weight is 1000 g/mol. The van der Waals surface area contributed by atoms with Crippen LogP contribution >= 0.6 is 0 Å². The molecule has 4 aliphatic heterocycles. The molecule has 2 unspecified atom stereocenters. The van der Waals surface area contributed by atoms with Gasteiger partial charge in [-0.15, -0.1) is 0 Å². The number of methoxy groups -OCH3 is 2. The van der Waals surface area contributed by atoms with E-state index in [9.17, 15) is 38.4 Å². The molecule has 10 atom stereocenters. The number of hydrogen-bond acceptors (Lipinski definition) is 16. The van der Waals surface area contributed by atoms with Crippen LogP contribution in [0.15, 0.2) is 170 Å². The third-order valence-electron chi connectivity index (χ3n) is 13.2. The first-order valence-corrected chi connectivity index (χ1v) is 23.3. The lowest BCUT2D eigenvalue weighted by molar-refractivity contribution is -0.332. The molecular formula is C56H44N2O16. The lowest BCUT2D eigenvalue weighted by atomic mass is 9.83. The van der Waals surface area contributed by atoms with Crippen molar-refractivity contribution in [3.63, 3.8) is 0 Å². The zero-order valence-corrected chi connectivity index (χ0v) is 39.4. The van der Waals surface area contributed by atoms with Crippen molar-refractivity contribution >= 4 is 47.5 Å². The van der Waals surface area contributed by atoms with Gasteiger partial charge >= 0.3 is 23.9 Å². The molecule has 0 aliphatic carbocycles. The summed E-state index contributed by atoms with van der Waals surface area (Å²) in [6.07, 6.45) is -14.8. The highest BCUT2D eigenvalue weighted by Crippen LogP contribution is 2.43. The molecule has 0 N–H and O–H groups in total. The van der Waals surface area contributed by atoms with Crippen molar-refractivity contribution < 1.29 is 76.3 Å². The van der Waals surface area contributed by atoms with Gasteiger partial charge < -0.3 is 37.9 Å². The molecule has 74 heavy (non-hydrogen) atoms. The van der Waals surface area contributed by atoms with E-state index in [1.54, 1.807) is 72.8 Å². The number of fused-ring (bicyclic) bond motifs is 2. The van der Waals surface area contributed by atoms with E-state index in [-0.39, 0.29) is 44.5 Å². The predicted octanol–water partition coefficient (Wildman–Crippen LogP) is 5.96. The molecule has 4 amide bonds. The second-order valence-corrected chi connectivity index (χ2v) is 17.4. The fraction of sp³-hybridized carbons (Fsp3) is 0.214. The van der Waals surface area contributed by atoms with Crippen molar-refractivity contribution in [2.24, 2.45) is 0 Å². The fourth-order valence-corrected chi connectivity index (χ4v) is 9.75. The highest BCUT2D eigenvalue weighted by Gasteiger charge is 2.65. The summed E-state index contributed by atoms with van der Waals surface area (Å²) in [7, 11) is 2.38. The lowest BCUT2D eigenvalue weighted by Gasteiger charge is -2.54. The van der Waals surface area contributed by atoms with Gasteiger partial charge in [-0.25, -0.2) is 19.2 Å². The summed E-state index contributed by atoms with van der Waals surface area (Å²) in [5, 5.41) is 0. The molecule has 10 rings (SSSR count). The second kappa shape index (κ2) is 20.8. The summed E-state index contributed by atoms with van der Waals surface area (Å²) in [4.78, 5) is 119. The molecule has 0 bridgehead atoms. The van der Waals surface area contributed by atoms with Crippen LogP contribution in [0.25, 0.3) is 0 Å². The SMILES string of the molecule is CO[C@H]1OC(C2O[C@H](OC)[C@H](OC(=O)c3ccccc3)[C@@H](OC(=O)c3ccccc3)[C@@H]2N2C(=O)c3ccccc3C2=O)[C@@H](N2C(=O)c3ccccc3C2=O)[C@H](OC(=O)c2ccccc2)[C@H]1OC(=O)c1ccccc1. The number of carbonyl (C=O) groups excluding carboxylic acids is 8. The fourth-order valence-electron chi connectivity index (χ4n) is 9.75. The molecular weight excluding hydrogens is 957 g/mol. The third kappa shape index (κ3) is 9.00. The quantitative estimate of drug-likeness (QED) is 0.0741. The average Bonchev–Trinajstić information content (AvgIpc) is 3.88. The number of benzene rings is 6. The van der Waals surface area contributed by atoms with Gasteiger partial charge in [0, 0.05) is 14.2 Å². The maximum atomic E-state index is 15.0. The maximum absolute atomic E-state index is 15.0. The smallest absolute Gasteiger partial charge is 0.338 e. The van der Waals surface area contributed by atoms with Crippen LogP contribution in [-0.2, 0) is 37.9 Å². The minimum atomic E-state index is -1.93. The lowest BCUT2D eigenvalue weighted by Crippen LogP contribution is -2.75. The first kappa shape index (κ1) is 48.9. The molecule has 0 saturated carbocycles. The minimum Gasteiger partial charge on any atom is -0.452 e. The van der Waals surface area contributed by atoms with Crippen LogP contribution in [0, 0.1) is 0 Å². The predicted molar refractivity (Wildman–Crippen MR) is 255 cm³/mol. The van der Waals surface area contributed by atoms with Crippen molar-refractivity contribution in [2.75, 3.05) is 14.2 Å².